The summed E-state index contributed by atoms with van der Waals surface area (Å²) in [5, 5.41) is 0. The van der Waals surface area contributed by atoms with E-state index < -0.39 is 0 Å². The van der Waals surface area contributed by atoms with Gasteiger partial charge in [-0.2, -0.15) is 0 Å². The van der Waals surface area contributed by atoms with Crippen LogP contribution in [0.2, 0.25) is 0 Å². The molecule has 1 aromatic rings. The molecule has 0 unspecified atom stereocenters. The van der Waals surface area contributed by atoms with Crippen LogP contribution >= 0.6 is 0 Å². The Hall–Kier alpha value is -1.71. The van der Waals surface area contributed by atoms with Crippen molar-refractivity contribution in [2.24, 2.45) is 29.6 Å². The van der Waals surface area contributed by atoms with E-state index in [1.807, 2.05) is 4.90 Å². The van der Waals surface area contributed by atoms with Gasteiger partial charge in [-0.1, -0.05) is 71.1 Å². The van der Waals surface area contributed by atoms with Crippen LogP contribution in [0.3, 0.4) is 0 Å². The third kappa shape index (κ3) is 7.64. The van der Waals surface area contributed by atoms with Gasteiger partial charge in [-0.3, -0.25) is 4.79 Å². The van der Waals surface area contributed by atoms with Gasteiger partial charge in [0.2, 0.25) is 0 Å². The van der Waals surface area contributed by atoms with Gasteiger partial charge in [-0.05, 0) is 86.3 Å². The summed E-state index contributed by atoms with van der Waals surface area (Å²) in [6.07, 6.45) is 22.8. The number of benzene rings is 1. The van der Waals surface area contributed by atoms with Crippen molar-refractivity contribution in [3.63, 3.8) is 0 Å². The zero-order chi connectivity index (χ0) is 24.6. The molecule has 0 spiro atoms. The molecule has 0 atom stereocenters. The van der Waals surface area contributed by atoms with Crippen molar-refractivity contribution >= 4 is 17.3 Å². The summed E-state index contributed by atoms with van der Waals surface area (Å²) < 4.78 is 0. The minimum absolute atomic E-state index is 0.0794. The molecule has 4 heteroatoms. The molecule has 0 bridgehead atoms. The van der Waals surface area contributed by atoms with Gasteiger partial charge < -0.3 is 16.4 Å². The third-order valence-electron chi connectivity index (χ3n) is 9.77. The topological polar surface area (TPSA) is 72.3 Å². The minimum Gasteiger partial charge on any atom is -0.399 e. The fourth-order valence-electron chi connectivity index (χ4n) is 7.46. The predicted molar refractivity (Wildman–Crippen MR) is 148 cm³/mol. The molecule has 2 saturated carbocycles. The van der Waals surface area contributed by atoms with E-state index in [9.17, 15) is 4.79 Å². The van der Waals surface area contributed by atoms with Gasteiger partial charge in [0.15, 0.2) is 0 Å². The first-order chi connectivity index (χ1) is 17.0. The third-order valence-corrected chi connectivity index (χ3v) is 9.77. The summed E-state index contributed by atoms with van der Waals surface area (Å²) in [7, 11) is 0. The van der Waals surface area contributed by atoms with E-state index in [1.165, 1.54) is 89.9 Å². The van der Waals surface area contributed by atoms with Crippen LogP contribution in [-0.2, 0) is 0 Å². The summed E-state index contributed by atoms with van der Waals surface area (Å²) >= 11 is 0. The number of nitrogens with two attached hydrogens (primary N) is 2. The highest BCUT2D eigenvalue weighted by molar-refractivity contribution is 5.96. The normalized spacial score (nSPS) is 28.2. The summed E-state index contributed by atoms with van der Waals surface area (Å²) in [6.45, 7) is 4.05. The highest BCUT2D eigenvalue weighted by Gasteiger charge is 2.31. The van der Waals surface area contributed by atoms with E-state index >= 15 is 0 Å². The van der Waals surface area contributed by atoms with E-state index in [4.69, 9.17) is 11.5 Å². The van der Waals surface area contributed by atoms with Gasteiger partial charge in [-0.25, -0.2) is 0 Å². The molecule has 3 fully saturated rings. The summed E-state index contributed by atoms with van der Waals surface area (Å²) in [5.41, 5.74) is 13.5. The average Bonchev–Trinajstić information content (AvgIpc) is 2.88. The maximum atomic E-state index is 12.9. The number of likely N-dealkylation sites (tertiary alicyclic amines) is 1. The predicted octanol–water partition coefficient (Wildman–Crippen LogP) is 7.68. The first-order valence-electron chi connectivity index (χ1n) is 15.0. The van der Waals surface area contributed by atoms with Crippen molar-refractivity contribution in [2.75, 3.05) is 24.6 Å². The Bertz CT molecular complexity index is 764. The Morgan fingerprint density at radius 3 is 1.71 bits per heavy atom. The number of nitrogen functional groups attached to an aromatic ring is 2. The number of carbonyl (C=O) groups is 1. The van der Waals surface area contributed by atoms with Crippen molar-refractivity contribution in [2.45, 2.75) is 110 Å². The zero-order valence-electron chi connectivity index (χ0n) is 22.4. The number of piperidine rings is 1. The fourth-order valence-corrected chi connectivity index (χ4v) is 7.46. The first kappa shape index (κ1) is 26.4. The van der Waals surface area contributed by atoms with Gasteiger partial charge in [0, 0.05) is 30.0 Å². The van der Waals surface area contributed by atoms with Gasteiger partial charge in [0.1, 0.15) is 0 Å². The number of amides is 1. The molecule has 35 heavy (non-hydrogen) atoms. The Kier molecular flexibility index (Phi) is 9.80. The summed E-state index contributed by atoms with van der Waals surface area (Å²) in [6, 6.07) is 5.21. The van der Waals surface area contributed by atoms with Crippen LogP contribution in [-0.4, -0.2) is 23.9 Å². The lowest BCUT2D eigenvalue weighted by atomic mass is 9.68. The minimum atomic E-state index is 0.0794. The number of unbranched alkanes of at least 4 members (excludes halogenated alkanes) is 2. The lowest BCUT2D eigenvalue weighted by Crippen LogP contribution is -2.38. The van der Waals surface area contributed by atoms with Crippen LogP contribution < -0.4 is 11.5 Å². The second kappa shape index (κ2) is 13.0. The standard InChI is InChI=1S/C31H51N3O/c1-2-3-4-5-23-8-12-26(13-9-23)27-14-10-24(11-15-27)6-7-25-16-18-34(19-17-25)31(35)28-20-29(32)22-30(33)21-28/h20-27H,2-19,32-33H2,1H3. The van der Waals surface area contributed by atoms with Crippen molar-refractivity contribution in [1.29, 1.82) is 0 Å². The van der Waals surface area contributed by atoms with Crippen LogP contribution in [0.25, 0.3) is 0 Å². The molecule has 4 N–H and O–H groups in total. The number of hydrogen-bond donors (Lipinski definition) is 2. The molecule has 1 heterocycles. The van der Waals surface area contributed by atoms with Crippen LogP contribution in [0.4, 0.5) is 11.4 Å². The van der Waals surface area contributed by atoms with E-state index in [0.717, 1.165) is 55.5 Å². The molecule has 1 aromatic carbocycles. The highest BCUT2D eigenvalue weighted by atomic mass is 16.2. The highest BCUT2D eigenvalue weighted by Crippen LogP contribution is 2.43. The molecule has 0 radical (unpaired) electrons. The molecule has 196 valence electrons. The van der Waals surface area contributed by atoms with E-state index in [2.05, 4.69) is 6.92 Å². The van der Waals surface area contributed by atoms with Crippen LogP contribution in [0.1, 0.15) is 120 Å². The lowest BCUT2D eigenvalue weighted by Gasteiger charge is -2.38. The molecule has 1 aliphatic heterocycles. The molecular formula is C31H51N3O. The molecule has 3 aliphatic rings. The van der Waals surface area contributed by atoms with E-state index in [-0.39, 0.29) is 5.91 Å². The molecule has 1 amide bonds. The fraction of sp³-hybridized carbons (Fsp3) is 0.774. The Morgan fingerprint density at radius 1 is 0.714 bits per heavy atom. The van der Waals surface area contributed by atoms with E-state index in [0.29, 0.717) is 16.9 Å². The van der Waals surface area contributed by atoms with Crippen molar-refractivity contribution < 1.29 is 4.79 Å². The second-order valence-corrected chi connectivity index (χ2v) is 12.3. The Morgan fingerprint density at radius 2 is 1.20 bits per heavy atom. The Balaban J connectivity index is 1.10. The smallest absolute Gasteiger partial charge is 0.254 e. The molecule has 1 saturated heterocycles. The van der Waals surface area contributed by atoms with Gasteiger partial charge in [-0.15, -0.1) is 0 Å². The SMILES string of the molecule is CCCCCC1CCC(C2CCC(CCC3CCN(C(=O)c4cc(N)cc(N)c4)CC3)CC2)CC1. The van der Waals surface area contributed by atoms with Gasteiger partial charge in [0.25, 0.3) is 5.91 Å². The molecular weight excluding hydrogens is 430 g/mol. The maximum absolute atomic E-state index is 12.9. The lowest BCUT2D eigenvalue weighted by molar-refractivity contribution is 0.0680. The first-order valence-corrected chi connectivity index (χ1v) is 15.0. The summed E-state index contributed by atoms with van der Waals surface area (Å²) in [5.74, 6) is 4.92. The van der Waals surface area contributed by atoms with E-state index in [1.54, 1.807) is 18.2 Å². The molecule has 0 aromatic heterocycles. The van der Waals surface area contributed by atoms with Crippen molar-refractivity contribution in [3.8, 4) is 0 Å². The largest absolute Gasteiger partial charge is 0.399 e. The van der Waals surface area contributed by atoms with Gasteiger partial charge >= 0.3 is 0 Å². The van der Waals surface area contributed by atoms with Crippen molar-refractivity contribution in [3.05, 3.63) is 23.8 Å². The number of carbonyl (C=O) groups excluding carboxylic acids is 1. The maximum Gasteiger partial charge on any atom is 0.254 e. The monoisotopic (exact) mass is 481 g/mol. The molecule has 4 rings (SSSR count). The van der Waals surface area contributed by atoms with Crippen molar-refractivity contribution in [1.82, 2.24) is 4.90 Å². The van der Waals surface area contributed by atoms with Gasteiger partial charge in [0.05, 0.1) is 0 Å². The van der Waals surface area contributed by atoms with Crippen LogP contribution in [0.5, 0.6) is 0 Å². The van der Waals surface area contributed by atoms with Crippen LogP contribution in [0, 0.1) is 29.6 Å². The Labute approximate surface area is 214 Å². The quantitative estimate of drug-likeness (QED) is 0.281. The molecule has 4 nitrogen and oxygen atoms in total. The molecule has 2 aliphatic carbocycles. The average molecular weight is 482 g/mol. The van der Waals surface area contributed by atoms with Crippen LogP contribution in [0.15, 0.2) is 18.2 Å². The second-order valence-electron chi connectivity index (χ2n) is 12.3. The number of nitrogens with zero attached hydrogens (tertiary/aromatic N) is 1. The summed E-state index contributed by atoms with van der Waals surface area (Å²) in [4.78, 5) is 14.9. The number of anilines is 2. The number of rotatable bonds is 9. The number of hydrogen-bond acceptors (Lipinski definition) is 3. The zero-order valence-corrected chi connectivity index (χ0v) is 22.4.